The van der Waals surface area contributed by atoms with Gasteiger partial charge in [0.15, 0.2) is 23.7 Å². The SMILES string of the molecule is CC.COCCOC(C(=O)N/N=C/c1cc(OC)c(Br)c(OC)c1)c1ccc2ccccc2c1.COc1cc(/C=N/NC(=O)C(OC)c2ccc3c(c2)OCCO3)cc(OC)c1Br. The van der Waals surface area contributed by atoms with Crippen LogP contribution < -0.4 is 39.3 Å². The van der Waals surface area contributed by atoms with Gasteiger partial charge in [-0.15, -0.1) is 0 Å². The van der Waals surface area contributed by atoms with Crippen LogP contribution in [0.3, 0.4) is 0 Å². The molecule has 17 heteroatoms. The minimum absolute atomic E-state index is 0.270. The van der Waals surface area contributed by atoms with Gasteiger partial charge in [-0.05, 0) is 96.2 Å². The molecule has 336 valence electrons. The highest BCUT2D eigenvalue weighted by molar-refractivity contribution is 9.11. The minimum atomic E-state index is -0.850. The van der Waals surface area contributed by atoms with Crippen LogP contribution in [-0.4, -0.2) is 93.3 Å². The number of hydrogen-bond acceptors (Lipinski definition) is 13. The van der Waals surface area contributed by atoms with Crippen LogP contribution in [0.1, 0.15) is 48.3 Å². The van der Waals surface area contributed by atoms with Crippen LogP contribution >= 0.6 is 31.9 Å². The second-order valence-corrected chi connectivity index (χ2v) is 14.4. The van der Waals surface area contributed by atoms with Crippen molar-refractivity contribution in [3.05, 3.63) is 116 Å². The van der Waals surface area contributed by atoms with Crippen molar-refractivity contribution in [2.45, 2.75) is 26.1 Å². The summed E-state index contributed by atoms with van der Waals surface area (Å²) >= 11 is 6.84. The molecular formula is C46H52Br2N4O11. The van der Waals surface area contributed by atoms with Gasteiger partial charge in [-0.1, -0.05) is 56.3 Å². The molecule has 5 aromatic carbocycles. The van der Waals surface area contributed by atoms with E-state index >= 15 is 0 Å². The van der Waals surface area contributed by atoms with E-state index in [1.165, 1.54) is 19.5 Å². The molecule has 0 bridgehead atoms. The molecule has 1 heterocycles. The maximum absolute atomic E-state index is 12.9. The molecule has 0 radical (unpaired) electrons. The van der Waals surface area contributed by atoms with Crippen LogP contribution in [0.5, 0.6) is 34.5 Å². The normalized spacial score (nSPS) is 12.6. The second kappa shape index (κ2) is 26.0. The van der Waals surface area contributed by atoms with Gasteiger partial charge in [-0.25, -0.2) is 10.9 Å². The number of ether oxygens (including phenoxy) is 9. The van der Waals surface area contributed by atoms with Gasteiger partial charge in [-0.2, -0.15) is 10.2 Å². The molecule has 5 aromatic rings. The average molecular weight is 997 g/mol. The van der Waals surface area contributed by atoms with E-state index in [9.17, 15) is 9.59 Å². The highest BCUT2D eigenvalue weighted by Gasteiger charge is 2.24. The van der Waals surface area contributed by atoms with Crippen LogP contribution in [0, 0.1) is 0 Å². The lowest BCUT2D eigenvalue weighted by atomic mass is 10.0. The van der Waals surface area contributed by atoms with Crippen molar-refractivity contribution in [3.63, 3.8) is 0 Å². The van der Waals surface area contributed by atoms with E-state index in [0.29, 0.717) is 80.0 Å². The van der Waals surface area contributed by atoms with E-state index in [1.54, 1.807) is 78.0 Å². The summed E-state index contributed by atoms with van der Waals surface area (Å²) in [6, 6.07) is 26.1. The van der Waals surface area contributed by atoms with Gasteiger partial charge in [0.1, 0.15) is 45.2 Å². The Labute approximate surface area is 384 Å². The second-order valence-electron chi connectivity index (χ2n) is 12.8. The zero-order valence-electron chi connectivity index (χ0n) is 36.4. The van der Waals surface area contributed by atoms with Gasteiger partial charge in [0, 0.05) is 25.3 Å². The zero-order chi connectivity index (χ0) is 45.7. The number of carbonyl (C=O) groups excluding carboxylic acids is 2. The van der Waals surface area contributed by atoms with Gasteiger partial charge in [-0.3, -0.25) is 9.59 Å². The van der Waals surface area contributed by atoms with E-state index in [0.717, 1.165) is 16.3 Å². The van der Waals surface area contributed by atoms with Gasteiger partial charge in [0.25, 0.3) is 11.8 Å². The fourth-order valence-corrected chi connectivity index (χ4v) is 7.05. The molecule has 1 aliphatic rings. The fraction of sp³-hybridized carbons (Fsp3) is 0.304. The summed E-state index contributed by atoms with van der Waals surface area (Å²) in [5.74, 6) is 2.78. The molecule has 2 unspecified atom stereocenters. The Morgan fingerprint density at radius 3 is 1.60 bits per heavy atom. The van der Waals surface area contributed by atoms with Crippen molar-refractivity contribution in [2.24, 2.45) is 10.2 Å². The van der Waals surface area contributed by atoms with Crippen molar-refractivity contribution in [1.29, 1.82) is 0 Å². The number of hydrogen-bond donors (Lipinski definition) is 2. The molecule has 0 saturated carbocycles. The first-order valence-electron chi connectivity index (χ1n) is 19.6. The first-order chi connectivity index (χ1) is 30.6. The van der Waals surface area contributed by atoms with Crippen molar-refractivity contribution in [1.82, 2.24) is 10.9 Å². The molecular weight excluding hydrogens is 944 g/mol. The fourth-order valence-electron chi connectivity index (χ4n) is 5.95. The Morgan fingerprint density at radius 2 is 1.10 bits per heavy atom. The molecule has 1 aliphatic heterocycles. The van der Waals surface area contributed by atoms with E-state index in [2.05, 4.69) is 52.9 Å². The number of halogens is 2. The molecule has 2 atom stereocenters. The Kier molecular flexibility index (Phi) is 20.6. The maximum atomic E-state index is 12.9. The smallest absolute Gasteiger partial charge is 0.273 e. The predicted octanol–water partition coefficient (Wildman–Crippen LogP) is 8.58. The molecule has 0 aromatic heterocycles. The number of amides is 2. The largest absolute Gasteiger partial charge is 0.495 e. The van der Waals surface area contributed by atoms with Gasteiger partial charge >= 0.3 is 0 Å². The van der Waals surface area contributed by atoms with Crippen molar-refractivity contribution < 1.29 is 52.2 Å². The monoisotopic (exact) mass is 994 g/mol. The molecule has 15 nitrogen and oxygen atoms in total. The standard InChI is InChI=1S/C24H25BrN2O5.C20H21BrN2O6.C2H6/c1-29-10-11-32-23(19-9-8-17-6-4-5-7-18(17)14-19)24(28)27-26-15-16-12-20(30-2)22(25)21(13-16)31-3;1-25-16-8-12(9-17(26-2)18(16)21)11-22-23-20(24)19(27-3)13-4-5-14-15(10-13)29-7-6-28-14;1-2/h4-9,12-15,23H,10-11H2,1-3H3,(H,27,28);4-5,8-11,19H,6-7H2,1-3H3,(H,23,24);1-2H3/b26-15+;22-11+;. The van der Waals surface area contributed by atoms with E-state index < -0.39 is 18.1 Å². The zero-order valence-corrected chi connectivity index (χ0v) is 39.5. The third-order valence-corrected chi connectivity index (χ3v) is 10.5. The quantitative estimate of drug-likeness (QED) is 0.0521. The number of carbonyl (C=O) groups is 2. The Bertz CT molecular complexity index is 2290. The molecule has 6 rings (SSSR count). The number of rotatable bonds is 17. The van der Waals surface area contributed by atoms with E-state index in [4.69, 9.17) is 42.6 Å². The lowest BCUT2D eigenvalue weighted by molar-refractivity contribution is -0.134. The minimum Gasteiger partial charge on any atom is -0.495 e. The van der Waals surface area contributed by atoms with Crippen molar-refractivity contribution in [2.75, 3.05) is 69.1 Å². The predicted molar refractivity (Wildman–Crippen MR) is 249 cm³/mol. The number of fused-ring (bicyclic) bond motifs is 2. The maximum Gasteiger partial charge on any atom is 0.273 e. The Hall–Kier alpha value is -5.72. The summed E-state index contributed by atoms with van der Waals surface area (Å²) in [5, 5.41) is 10.2. The van der Waals surface area contributed by atoms with Crippen LogP contribution in [0.25, 0.3) is 10.8 Å². The summed E-state index contributed by atoms with van der Waals surface area (Å²) < 4.78 is 49.9. The number of methoxy groups -OCH3 is 6. The van der Waals surface area contributed by atoms with Crippen LogP contribution in [-0.2, 0) is 23.8 Å². The summed E-state index contributed by atoms with van der Waals surface area (Å²) in [4.78, 5) is 25.5. The molecule has 0 spiro atoms. The number of nitrogens with one attached hydrogen (secondary N) is 2. The first-order valence-corrected chi connectivity index (χ1v) is 21.2. The average Bonchev–Trinajstić information content (AvgIpc) is 3.32. The Morgan fingerprint density at radius 1 is 0.619 bits per heavy atom. The van der Waals surface area contributed by atoms with E-state index in [-0.39, 0.29) is 12.5 Å². The number of nitrogens with zero attached hydrogens (tertiary/aromatic N) is 2. The molecule has 2 N–H and O–H groups in total. The summed E-state index contributed by atoms with van der Waals surface area (Å²) in [6.45, 7) is 5.61. The van der Waals surface area contributed by atoms with Gasteiger partial charge < -0.3 is 42.6 Å². The molecule has 0 aliphatic carbocycles. The lowest BCUT2D eigenvalue weighted by Gasteiger charge is -2.20. The summed E-state index contributed by atoms with van der Waals surface area (Å²) in [5.41, 5.74) is 7.82. The number of hydrazone groups is 2. The first kappa shape index (κ1) is 49.9. The lowest BCUT2D eigenvalue weighted by Crippen LogP contribution is -2.28. The third-order valence-electron chi connectivity index (χ3n) is 8.94. The van der Waals surface area contributed by atoms with Crippen LogP contribution in [0.15, 0.2) is 104 Å². The topological polar surface area (TPSA) is 166 Å². The Balaban J connectivity index is 0.000000267. The van der Waals surface area contributed by atoms with Crippen LogP contribution in [0.4, 0.5) is 0 Å². The van der Waals surface area contributed by atoms with E-state index in [1.807, 2.05) is 56.3 Å². The summed E-state index contributed by atoms with van der Waals surface area (Å²) in [7, 11) is 9.27. The van der Waals surface area contributed by atoms with Crippen LogP contribution in [0.2, 0.25) is 0 Å². The van der Waals surface area contributed by atoms with Gasteiger partial charge in [0.05, 0.1) is 54.1 Å². The van der Waals surface area contributed by atoms with Crippen molar-refractivity contribution >= 4 is 66.9 Å². The molecule has 63 heavy (non-hydrogen) atoms. The van der Waals surface area contributed by atoms with Gasteiger partial charge in [0.2, 0.25) is 0 Å². The molecule has 0 saturated heterocycles. The van der Waals surface area contributed by atoms with Crippen molar-refractivity contribution in [3.8, 4) is 34.5 Å². The highest BCUT2D eigenvalue weighted by atomic mass is 79.9. The molecule has 2 amide bonds. The number of benzene rings is 5. The third kappa shape index (κ3) is 13.9. The summed E-state index contributed by atoms with van der Waals surface area (Å²) in [6.07, 6.45) is 1.33. The molecule has 0 fully saturated rings. The highest BCUT2D eigenvalue weighted by Crippen LogP contribution is 2.37.